The second-order valence-electron chi connectivity index (χ2n) is 7.58. The molecule has 0 saturated carbocycles. The van der Waals surface area contributed by atoms with Crippen molar-refractivity contribution in [3.8, 4) is 23.0 Å². The van der Waals surface area contributed by atoms with Crippen LogP contribution in [0.3, 0.4) is 0 Å². The van der Waals surface area contributed by atoms with E-state index in [1.807, 2.05) is 30.3 Å². The Hall–Kier alpha value is -5.92. The summed E-state index contributed by atoms with van der Waals surface area (Å²) in [4.78, 5) is 16.6. The van der Waals surface area contributed by atoms with Crippen LogP contribution in [0.1, 0.15) is 21.8 Å². The summed E-state index contributed by atoms with van der Waals surface area (Å²) in [6.45, 7) is 0. The molecule has 14 heteroatoms. The van der Waals surface area contributed by atoms with Crippen molar-refractivity contribution in [2.75, 3.05) is 11.5 Å². The third kappa shape index (κ3) is 6.65. The first kappa shape index (κ1) is 24.8. The number of amidine groups is 2. The van der Waals surface area contributed by atoms with Gasteiger partial charge in [0.2, 0.25) is 11.6 Å². The first-order valence-corrected chi connectivity index (χ1v) is 11.2. The fraction of sp³-hybridized carbons (Fsp3) is 0.0400. The number of nitrogen functional groups attached to an aromatic ring is 2. The predicted molar refractivity (Wildman–Crippen MR) is 150 cm³/mol. The number of hydrogen-bond acceptors (Lipinski definition) is 14. The minimum absolute atomic E-state index is 0. The van der Waals surface area contributed by atoms with Crippen LogP contribution in [0, 0.1) is 0 Å². The Labute approximate surface area is 226 Å². The number of nitrogens with one attached hydrogen (secondary N) is 2. The van der Waals surface area contributed by atoms with Crippen molar-refractivity contribution in [2.24, 2.45) is 10.2 Å². The molecular weight excluding hydrogens is 496 g/mol. The molecule has 0 atom stereocenters. The molecule has 0 fully saturated rings. The van der Waals surface area contributed by atoms with Crippen molar-refractivity contribution >= 4 is 23.0 Å². The van der Waals surface area contributed by atoms with E-state index in [9.17, 15) is 0 Å². The summed E-state index contributed by atoms with van der Waals surface area (Å²) in [5, 5.41) is 24.3. The molecule has 6 heterocycles. The third-order valence-corrected chi connectivity index (χ3v) is 4.87. The Balaban J connectivity index is 0.000000208. The maximum Gasteiger partial charge on any atom is 0.221 e. The lowest BCUT2D eigenvalue weighted by Gasteiger charge is -2.13. The highest BCUT2D eigenvalue weighted by Gasteiger charge is 2.13. The second-order valence-corrected chi connectivity index (χ2v) is 7.58. The van der Waals surface area contributed by atoms with E-state index in [1.165, 1.54) is 6.20 Å². The van der Waals surface area contributed by atoms with Gasteiger partial charge in [-0.1, -0.05) is 19.6 Å². The third-order valence-electron chi connectivity index (χ3n) is 4.87. The first-order chi connectivity index (χ1) is 19.7. The van der Waals surface area contributed by atoms with Gasteiger partial charge in [0, 0.05) is 15.4 Å². The molecular formula is C25H26N14. The topological polar surface area (TPSA) is 204 Å². The summed E-state index contributed by atoms with van der Waals surface area (Å²) in [7, 11) is 0. The highest BCUT2D eigenvalue weighted by atomic mass is 15.5. The van der Waals surface area contributed by atoms with Crippen LogP contribution in [0.15, 0.2) is 95.7 Å². The molecule has 6 N–H and O–H groups in total. The van der Waals surface area contributed by atoms with Gasteiger partial charge in [0.05, 0.1) is 23.8 Å². The Morgan fingerprint density at radius 2 is 0.974 bits per heavy atom. The highest BCUT2D eigenvalue weighted by molar-refractivity contribution is 6.04. The summed E-state index contributed by atoms with van der Waals surface area (Å²) in [5.74, 6) is 1.80. The Morgan fingerprint density at radius 1 is 0.538 bits per heavy atom. The first-order valence-electron chi connectivity index (χ1n) is 12.2. The van der Waals surface area contributed by atoms with Crippen LogP contribution >= 0.6 is 0 Å². The number of nitrogens with two attached hydrogens (primary N) is 2. The predicted octanol–water partition coefficient (Wildman–Crippen LogP) is 2.13. The number of anilines is 2. The van der Waals surface area contributed by atoms with Crippen LogP contribution < -0.4 is 22.3 Å². The van der Waals surface area contributed by atoms with Crippen molar-refractivity contribution in [2.45, 2.75) is 7.43 Å². The highest BCUT2D eigenvalue weighted by Crippen LogP contribution is 2.13. The van der Waals surface area contributed by atoms with E-state index in [2.05, 4.69) is 61.4 Å². The molecule has 1 aliphatic heterocycles. The molecule has 0 aromatic carbocycles. The zero-order chi connectivity index (χ0) is 28.2. The van der Waals surface area contributed by atoms with Crippen LogP contribution in [0.25, 0.3) is 23.0 Å². The van der Waals surface area contributed by atoms with Gasteiger partial charge in [-0.3, -0.25) is 30.8 Å². The summed E-state index contributed by atoms with van der Waals surface area (Å²) < 4.78 is 10.0. The molecule has 0 amide bonds. The number of aromatic nitrogens is 8. The van der Waals surface area contributed by atoms with Gasteiger partial charge in [0.25, 0.3) is 0 Å². The number of pyridine rings is 4. The van der Waals surface area contributed by atoms with Crippen LogP contribution in [-0.2, 0) is 0 Å². The normalized spacial score (nSPS) is 12.0. The van der Waals surface area contributed by atoms with Crippen molar-refractivity contribution in [3.63, 3.8) is 0 Å². The average Bonchev–Trinajstić information content (AvgIpc) is 3.04. The monoisotopic (exact) mass is 524 g/mol. The minimum Gasteiger partial charge on any atom is -0.397 e. The second kappa shape index (κ2) is 12.4. The van der Waals surface area contributed by atoms with E-state index in [1.54, 1.807) is 48.9 Å². The molecule has 0 bridgehead atoms. The quantitative estimate of drug-likeness (QED) is 0.267. The van der Waals surface area contributed by atoms with E-state index in [0.29, 0.717) is 57.5 Å². The Bertz CT molecular complexity index is 1550. The van der Waals surface area contributed by atoms with Gasteiger partial charge >= 0.3 is 0 Å². The molecule has 1 aliphatic rings. The lowest BCUT2D eigenvalue weighted by molar-refractivity contribution is 0.865. The number of hydrazone groups is 2. The van der Waals surface area contributed by atoms with Gasteiger partial charge in [-0.25, -0.2) is 0 Å². The fourth-order valence-corrected chi connectivity index (χ4v) is 3.01. The van der Waals surface area contributed by atoms with E-state index in [0.717, 1.165) is 0 Å². The van der Waals surface area contributed by atoms with Crippen LogP contribution in [0.5, 0.6) is 0 Å². The fourth-order valence-electron chi connectivity index (χ4n) is 3.01. The lowest BCUT2D eigenvalue weighted by Crippen LogP contribution is -2.35. The van der Waals surface area contributed by atoms with Gasteiger partial charge in [-0.05, 0) is 48.5 Å². The van der Waals surface area contributed by atoms with E-state index < -0.39 is 0 Å². The van der Waals surface area contributed by atoms with Crippen LogP contribution in [0.4, 0.5) is 11.4 Å². The van der Waals surface area contributed by atoms with Crippen molar-refractivity contribution in [1.82, 2.24) is 51.2 Å². The van der Waals surface area contributed by atoms with Gasteiger partial charge in [0.1, 0.15) is 22.8 Å². The molecule has 14 nitrogen and oxygen atoms in total. The summed E-state index contributed by atoms with van der Waals surface area (Å²) >= 11 is 0. The van der Waals surface area contributed by atoms with Crippen LogP contribution in [0.2, 0.25) is 0 Å². The molecule has 196 valence electrons. The smallest absolute Gasteiger partial charge is 0.221 e. The Morgan fingerprint density at radius 3 is 1.38 bits per heavy atom. The molecule has 6 rings (SSSR count). The maximum absolute atomic E-state index is 5.58. The van der Waals surface area contributed by atoms with Gasteiger partial charge in [-0.2, -0.15) is 10.2 Å². The van der Waals surface area contributed by atoms with Gasteiger partial charge < -0.3 is 11.5 Å². The average molecular weight is 525 g/mol. The van der Waals surface area contributed by atoms with Gasteiger partial charge in [-0.15, -0.1) is 20.4 Å². The Kier molecular flexibility index (Phi) is 7.84. The molecule has 0 saturated heterocycles. The maximum atomic E-state index is 5.58. The molecule has 0 radical (unpaired) electrons. The van der Waals surface area contributed by atoms with Gasteiger partial charge in [0.15, 0.2) is 11.7 Å². The molecule has 0 unspecified atom stereocenters. The molecule has 0 aliphatic carbocycles. The molecule has 39 heavy (non-hydrogen) atoms. The largest absolute Gasteiger partial charge is 0.397 e. The van der Waals surface area contributed by atoms with E-state index in [4.69, 9.17) is 14.4 Å². The molecule has 0 spiro atoms. The molecule has 5 aromatic rings. The SMILES string of the molecule is C.Nc1ccc(-c2nnc(-c3ccccn3)nn2)nc1.Nc1ccc(C2=NNC(c3ccccn3)=NN2)nc1.[2H][2H]. The number of hydrogen-bond donors (Lipinski definition) is 4. The minimum atomic E-state index is 0. The zero-order valence-electron chi connectivity index (χ0n) is 21.7. The van der Waals surface area contributed by atoms with Crippen molar-refractivity contribution in [1.29, 1.82) is 0 Å². The van der Waals surface area contributed by atoms with Crippen LogP contribution in [-0.4, -0.2) is 52.0 Å². The summed E-state index contributed by atoms with van der Waals surface area (Å²) in [6.07, 6.45) is 6.46. The number of rotatable bonds is 4. The number of nitrogens with zero attached hydrogens (tertiary/aromatic N) is 10. The standard InChI is InChI=1S/C12H11N7.C12H9N7.CH4.H2/c2*13-8-4-5-10(15-7-8)12-18-16-11(17-19-12)9-3-1-2-6-14-9;;/h1-7H,13H2,(H,16,17)(H,18,19);1-7H,13H2;1H4;1H/i;;;1+1D. The lowest BCUT2D eigenvalue weighted by atomic mass is 10.3. The molecule has 5 aromatic heterocycles. The summed E-state index contributed by atoms with van der Waals surface area (Å²) in [6, 6.07) is 18.0. The van der Waals surface area contributed by atoms with Crippen molar-refractivity contribution in [3.05, 3.63) is 96.8 Å². The summed E-state index contributed by atoms with van der Waals surface area (Å²) in [5.41, 5.74) is 20.6. The van der Waals surface area contributed by atoms with E-state index >= 15 is 0 Å². The zero-order valence-corrected chi connectivity index (χ0v) is 19.7. The van der Waals surface area contributed by atoms with Crippen molar-refractivity contribution < 1.29 is 2.97 Å². The van der Waals surface area contributed by atoms with E-state index in [-0.39, 0.29) is 7.43 Å².